The first-order valence-electron chi connectivity index (χ1n) is 9.86. The lowest BCUT2D eigenvalue weighted by molar-refractivity contribution is 0.0779. The maximum Gasteiger partial charge on any atom is 0.253 e. The van der Waals surface area contributed by atoms with Gasteiger partial charge in [0.25, 0.3) is 5.91 Å². The van der Waals surface area contributed by atoms with Crippen LogP contribution in [0.5, 0.6) is 0 Å². The van der Waals surface area contributed by atoms with E-state index in [1.807, 2.05) is 30.0 Å². The molecule has 2 heterocycles. The average molecular weight is 360 g/mol. The van der Waals surface area contributed by atoms with Gasteiger partial charge in [-0.15, -0.1) is 0 Å². The molecule has 1 N–H and O–H groups in total. The molecule has 2 saturated heterocycles. The highest BCUT2D eigenvalue weighted by atomic mass is 16.3. The first kappa shape index (κ1) is 19.3. The number of benzene rings is 1. The normalized spacial score (nSPS) is 25.5. The summed E-state index contributed by atoms with van der Waals surface area (Å²) in [5.74, 6) is 0.648. The molecule has 0 unspecified atom stereocenters. The molecule has 0 spiro atoms. The molecule has 5 heteroatoms. The minimum Gasteiger partial charge on any atom is -0.396 e. The van der Waals surface area contributed by atoms with Crippen LogP contribution >= 0.6 is 0 Å². The van der Waals surface area contributed by atoms with E-state index in [2.05, 4.69) is 23.8 Å². The monoisotopic (exact) mass is 359 g/mol. The maximum atomic E-state index is 12.9. The largest absolute Gasteiger partial charge is 0.396 e. The third-order valence-corrected chi connectivity index (χ3v) is 6.16. The highest BCUT2D eigenvalue weighted by Crippen LogP contribution is 2.26. The van der Waals surface area contributed by atoms with Crippen LogP contribution in [-0.4, -0.2) is 85.2 Å². The number of carbonyl (C=O) groups excluding carboxylic acids is 1. The van der Waals surface area contributed by atoms with Crippen LogP contribution in [0.3, 0.4) is 0 Å². The number of nitrogens with zero attached hydrogens (tertiary/aromatic N) is 3. The van der Waals surface area contributed by atoms with E-state index in [0.29, 0.717) is 12.5 Å². The second-order valence-electron chi connectivity index (χ2n) is 8.17. The van der Waals surface area contributed by atoms with E-state index in [0.717, 1.165) is 50.4 Å². The van der Waals surface area contributed by atoms with Crippen LogP contribution in [0.15, 0.2) is 18.2 Å². The van der Waals surface area contributed by atoms with Crippen LogP contribution in [0, 0.1) is 25.7 Å². The number of rotatable bonds is 4. The van der Waals surface area contributed by atoms with Crippen LogP contribution in [0.1, 0.15) is 27.9 Å². The van der Waals surface area contributed by atoms with E-state index in [1.54, 1.807) is 0 Å². The molecule has 1 aromatic rings. The van der Waals surface area contributed by atoms with Crippen molar-refractivity contribution in [3.05, 3.63) is 34.9 Å². The van der Waals surface area contributed by atoms with Gasteiger partial charge in [0.1, 0.15) is 0 Å². The first-order chi connectivity index (χ1) is 12.5. The third-order valence-electron chi connectivity index (χ3n) is 6.16. The average Bonchev–Trinajstić information content (AvgIpc) is 2.92. The number of amides is 1. The molecular weight excluding hydrogens is 326 g/mol. The fourth-order valence-corrected chi connectivity index (χ4v) is 4.19. The second kappa shape index (κ2) is 8.51. The van der Waals surface area contributed by atoms with E-state index >= 15 is 0 Å². The van der Waals surface area contributed by atoms with Gasteiger partial charge in [0.05, 0.1) is 0 Å². The Labute approximate surface area is 157 Å². The van der Waals surface area contributed by atoms with Crippen molar-refractivity contribution in [1.82, 2.24) is 14.7 Å². The van der Waals surface area contributed by atoms with Crippen molar-refractivity contribution in [2.45, 2.75) is 20.3 Å². The van der Waals surface area contributed by atoms with E-state index in [1.165, 1.54) is 12.0 Å². The Kier molecular flexibility index (Phi) is 6.33. The molecule has 5 nitrogen and oxygen atoms in total. The summed E-state index contributed by atoms with van der Waals surface area (Å²) in [6.07, 6.45) is 1.19. The van der Waals surface area contributed by atoms with E-state index in [4.69, 9.17) is 0 Å². The third kappa shape index (κ3) is 4.45. The van der Waals surface area contributed by atoms with Gasteiger partial charge < -0.3 is 19.8 Å². The van der Waals surface area contributed by atoms with Crippen LogP contribution < -0.4 is 0 Å². The lowest BCUT2D eigenvalue weighted by Crippen LogP contribution is -2.36. The number of aryl methyl sites for hydroxylation is 2. The summed E-state index contributed by atoms with van der Waals surface area (Å²) in [6.45, 7) is 11.1. The second-order valence-corrected chi connectivity index (χ2v) is 8.17. The summed E-state index contributed by atoms with van der Waals surface area (Å²) in [7, 11) is 2.18. The lowest BCUT2D eigenvalue weighted by Gasteiger charge is -2.26. The lowest BCUT2D eigenvalue weighted by atomic mass is 9.96. The minimum absolute atomic E-state index is 0.102. The number of likely N-dealkylation sites (tertiary alicyclic amines) is 1. The molecule has 144 valence electrons. The van der Waals surface area contributed by atoms with Gasteiger partial charge >= 0.3 is 0 Å². The molecule has 26 heavy (non-hydrogen) atoms. The summed E-state index contributed by atoms with van der Waals surface area (Å²) in [5.41, 5.74) is 3.13. The molecule has 0 aromatic heterocycles. The van der Waals surface area contributed by atoms with Gasteiger partial charge in [-0.1, -0.05) is 6.07 Å². The topological polar surface area (TPSA) is 47.0 Å². The zero-order valence-corrected chi connectivity index (χ0v) is 16.4. The van der Waals surface area contributed by atoms with Gasteiger partial charge in [0, 0.05) is 50.8 Å². The Morgan fingerprint density at radius 2 is 1.85 bits per heavy atom. The van der Waals surface area contributed by atoms with Crippen LogP contribution in [0.25, 0.3) is 0 Å². The van der Waals surface area contributed by atoms with Gasteiger partial charge in [0.15, 0.2) is 0 Å². The number of aliphatic hydroxyl groups is 1. The Hall–Kier alpha value is -1.43. The smallest absolute Gasteiger partial charge is 0.253 e. The van der Waals surface area contributed by atoms with Crippen LogP contribution in [0.4, 0.5) is 0 Å². The number of aliphatic hydroxyl groups excluding tert-OH is 1. The SMILES string of the molecule is Cc1ccc(C(=O)N2C[C@@H](CN3CCCN(C)CC3)[C@@H](CO)C2)cc1C. The summed E-state index contributed by atoms with van der Waals surface area (Å²) >= 11 is 0. The number of carbonyl (C=O) groups is 1. The zero-order valence-electron chi connectivity index (χ0n) is 16.4. The molecule has 1 amide bonds. The number of hydrogen-bond acceptors (Lipinski definition) is 4. The molecule has 2 aliphatic heterocycles. The van der Waals surface area contributed by atoms with Crippen molar-refractivity contribution in [1.29, 1.82) is 0 Å². The van der Waals surface area contributed by atoms with E-state index in [9.17, 15) is 9.90 Å². The number of likely N-dealkylation sites (N-methyl/N-ethyl adjacent to an activating group) is 1. The van der Waals surface area contributed by atoms with Crippen molar-refractivity contribution >= 4 is 5.91 Å². The fraction of sp³-hybridized carbons (Fsp3) is 0.667. The molecule has 0 bridgehead atoms. The Bertz CT molecular complexity index is 634. The minimum atomic E-state index is 0.102. The van der Waals surface area contributed by atoms with Gasteiger partial charge in [-0.25, -0.2) is 0 Å². The Morgan fingerprint density at radius 3 is 2.58 bits per heavy atom. The Morgan fingerprint density at radius 1 is 1.08 bits per heavy atom. The van der Waals surface area contributed by atoms with Crippen molar-refractivity contribution in [2.24, 2.45) is 11.8 Å². The molecule has 0 saturated carbocycles. The number of hydrogen-bond donors (Lipinski definition) is 1. The zero-order chi connectivity index (χ0) is 18.7. The first-order valence-corrected chi connectivity index (χ1v) is 9.86. The van der Waals surface area contributed by atoms with Crippen LogP contribution in [0.2, 0.25) is 0 Å². The molecule has 1 aromatic carbocycles. The Balaban J connectivity index is 1.64. The van der Waals surface area contributed by atoms with Crippen molar-refractivity contribution in [2.75, 3.05) is 59.5 Å². The van der Waals surface area contributed by atoms with Gasteiger partial charge in [0.2, 0.25) is 0 Å². The molecule has 3 rings (SSSR count). The van der Waals surface area contributed by atoms with Crippen molar-refractivity contribution < 1.29 is 9.90 Å². The highest BCUT2D eigenvalue weighted by molar-refractivity contribution is 5.94. The molecule has 2 atom stereocenters. The summed E-state index contributed by atoms with van der Waals surface area (Å²) in [5, 5.41) is 9.85. The predicted molar refractivity (Wildman–Crippen MR) is 104 cm³/mol. The maximum absolute atomic E-state index is 12.9. The predicted octanol–water partition coefficient (Wildman–Crippen LogP) is 1.62. The van der Waals surface area contributed by atoms with Crippen molar-refractivity contribution in [3.8, 4) is 0 Å². The van der Waals surface area contributed by atoms with Crippen LogP contribution in [-0.2, 0) is 0 Å². The molecule has 2 fully saturated rings. The fourth-order valence-electron chi connectivity index (χ4n) is 4.19. The summed E-state index contributed by atoms with van der Waals surface area (Å²) in [6, 6.07) is 5.94. The van der Waals surface area contributed by atoms with E-state index < -0.39 is 0 Å². The molecule has 0 aliphatic carbocycles. The summed E-state index contributed by atoms with van der Waals surface area (Å²) < 4.78 is 0. The standard InChI is InChI=1S/C21H33N3O2/c1-16-5-6-18(11-17(16)2)21(26)24-13-19(20(14-24)15-25)12-23-8-4-7-22(3)9-10-23/h5-6,11,19-20,25H,4,7-10,12-15H2,1-3H3/t19-,20-/m1/s1. The molecule has 0 radical (unpaired) electrons. The molecular formula is C21H33N3O2. The van der Waals surface area contributed by atoms with Crippen molar-refractivity contribution in [3.63, 3.8) is 0 Å². The van der Waals surface area contributed by atoms with E-state index in [-0.39, 0.29) is 18.4 Å². The van der Waals surface area contributed by atoms with Gasteiger partial charge in [-0.05, 0) is 69.6 Å². The highest BCUT2D eigenvalue weighted by Gasteiger charge is 2.36. The van der Waals surface area contributed by atoms with Gasteiger partial charge in [-0.2, -0.15) is 0 Å². The quantitative estimate of drug-likeness (QED) is 0.888. The van der Waals surface area contributed by atoms with Gasteiger partial charge in [-0.3, -0.25) is 4.79 Å². The molecule has 2 aliphatic rings. The summed E-state index contributed by atoms with van der Waals surface area (Å²) in [4.78, 5) is 19.8.